The van der Waals surface area contributed by atoms with Gasteiger partial charge in [0.1, 0.15) is 11.9 Å². The van der Waals surface area contributed by atoms with E-state index in [1.807, 2.05) is 0 Å². The molecule has 23 heavy (non-hydrogen) atoms. The molecule has 3 nitrogen and oxygen atoms in total. The molecule has 2 bridgehead atoms. The lowest BCUT2D eigenvalue weighted by Gasteiger charge is -2.44. The van der Waals surface area contributed by atoms with Crippen LogP contribution in [-0.2, 0) is 6.42 Å². The predicted molar refractivity (Wildman–Crippen MR) is 90.6 cm³/mol. The maximum Gasteiger partial charge on any atom is 0.141 e. The minimum atomic E-state index is 0.310. The van der Waals surface area contributed by atoms with E-state index in [2.05, 4.69) is 48.2 Å². The molecule has 0 amide bonds. The van der Waals surface area contributed by atoms with E-state index in [4.69, 9.17) is 9.72 Å². The molecular formula is C20H22N2O. The van der Waals surface area contributed by atoms with Crippen molar-refractivity contribution in [2.45, 2.75) is 32.3 Å². The number of hydrogen-bond donors (Lipinski definition) is 0. The number of pyridine rings is 1. The Hall–Kier alpha value is -1.87. The molecule has 2 aromatic rings. The number of piperidine rings is 1. The maximum atomic E-state index is 6.38. The zero-order valence-corrected chi connectivity index (χ0v) is 13.6. The lowest BCUT2D eigenvalue weighted by molar-refractivity contribution is -0.00186. The van der Waals surface area contributed by atoms with Crippen molar-refractivity contribution in [1.82, 2.24) is 9.88 Å². The van der Waals surface area contributed by atoms with Crippen LogP contribution < -0.4 is 4.74 Å². The number of nitrogens with zero attached hydrogens (tertiary/aromatic N) is 2. The van der Waals surface area contributed by atoms with Gasteiger partial charge in [-0.15, -0.1) is 0 Å². The zero-order chi connectivity index (χ0) is 15.4. The Balaban J connectivity index is 1.53. The Bertz CT molecular complexity index is 755. The van der Waals surface area contributed by atoms with Crippen LogP contribution in [0.25, 0.3) is 11.3 Å². The highest BCUT2D eigenvalue weighted by Crippen LogP contribution is 2.48. The molecule has 118 valence electrons. The number of ether oxygens (including phenoxy) is 1. The van der Waals surface area contributed by atoms with E-state index >= 15 is 0 Å². The van der Waals surface area contributed by atoms with E-state index in [0.717, 1.165) is 23.6 Å². The smallest absolute Gasteiger partial charge is 0.141 e. The first-order valence-corrected chi connectivity index (χ1v) is 8.68. The topological polar surface area (TPSA) is 25.4 Å². The molecule has 3 atom stereocenters. The summed E-state index contributed by atoms with van der Waals surface area (Å²) in [4.78, 5) is 7.56. The Morgan fingerprint density at radius 1 is 1.13 bits per heavy atom. The summed E-state index contributed by atoms with van der Waals surface area (Å²) in [6.07, 6.45) is 3.89. The van der Waals surface area contributed by atoms with Crippen molar-refractivity contribution in [3.05, 3.63) is 47.7 Å². The van der Waals surface area contributed by atoms with Gasteiger partial charge in [-0.25, -0.2) is 4.98 Å². The van der Waals surface area contributed by atoms with E-state index in [9.17, 15) is 0 Å². The predicted octanol–water partition coefficient (Wildman–Crippen LogP) is 3.46. The summed E-state index contributed by atoms with van der Waals surface area (Å²) in [5.74, 6) is 1.01. The van der Waals surface area contributed by atoms with Crippen LogP contribution in [0.5, 0.6) is 5.75 Å². The third-order valence-electron chi connectivity index (χ3n) is 5.92. The van der Waals surface area contributed by atoms with Crippen LogP contribution in [0.3, 0.4) is 0 Å². The quantitative estimate of drug-likeness (QED) is 0.807. The van der Waals surface area contributed by atoms with Crippen molar-refractivity contribution in [2.75, 3.05) is 19.6 Å². The van der Waals surface area contributed by atoms with Gasteiger partial charge >= 0.3 is 0 Å². The zero-order valence-electron chi connectivity index (χ0n) is 13.6. The van der Waals surface area contributed by atoms with Gasteiger partial charge in [0.15, 0.2) is 0 Å². The molecule has 2 fully saturated rings. The summed E-state index contributed by atoms with van der Waals surface area (Å²) < 4.78 is 6.38. The summed E-state index contributed by atoms with van der Waals surface area (Å²) >= 11 is 0. The number of aromatic nitrogens is 1. The molecule has 0 N–H and O–H groups in total. The molecule has 3 aliphatic heterocycles. The van der Waals surface area contributed by atoms with Crippen LogP contribution in [0.2, 0.25) is 0 Å². The standard InChI is InChI=1S/C20H22N2O/c1-14-2-4-15(5-3-14)16-6-7-18-17(21-16)12-20-9-11-22(13-20)10-8-19(20)23-18/h2-7,19H,8-13H2,1H3/t19-,20-/m1/s1. The van der Waals surface area contributed by atoms with E-state index in [-0.39, 0.29) is 0 Å². The number of benzene rings is 1. The normalized spacial score (nSPS) is 31.2. The Kier molecular flexibility index (Phi) is 2.84. The summed E-state index contributed by atoms with van der Waals surface area (Å²) in [5, 5.41) is 0. The molecule has 0 saturated carbocycles. The fourth-order valence-corrected chi connectivity index (χ4v) is 4.58. The SMILES string of the molecule is Cc1ccc(-c2ccc3c(n2)C[C@@]24CCN(CC[C@H]2O3)C4)cc1. The molecule has 4 heterocycles. The lowest BCUT2D eigenvalue weighted by Crippen LogP contribution is -2.51. The lowest BCUT2D eigenvalue weighted by atomic mass is 9.73. The van der Waals surface area contributed by atoms with Crippen LogP contribution in [0.15, 0.2) is 36.4 Å². The highest BCUT2D eigenvalue weighted by atomic mass is 16.5. The van der Waals surface area contributed by atoms with Crippen LogP contribution >= 0.6 is 0 Å². The van der Waals surface area contributed by atoms with Crippen molar-refractivity contribution in [3.63, 3.8) is 0 Å². The minimum Gasteiger partial charge on any atom is -0.488 e. The number of rotatable bonds is 1. The van der Waals surface area contributed by atoms with E-state index in [1.54, 1.807) is 0 Å². The van der Waals surface area contributed by atoms with Crippen LogP contribution in [0.1, 0.15) is 24.1 Å². The van der Waals surface area contributed by atoms with E-state index in [0.29, 0.717) is 11.5 Å². The highest BCUT2D eigenvalue weighted by Gasteiger charge is 2.51. The van der Waals surface area contributed by atoms with Gasteiger partial charge < -0.3 is 9.64 Å². The Morgan fingerprint density at radius 3 is 2.87 bits per heavy atom. The fraction of sp³-hybridized carbons (Fsp3) is 0.450. The third-order valence-corrected chi connectivity index (χ3v) is 5.92. The van der Waals surface area contributed by atoms with Gasteiger partial charge in [0.2, 0.25) is 0 Å². The van der Waals surface area contributed by atoms with Crippen molar-refractivity contribution in [1.29, 1.82) is 0 Å². The van der Waals surface area contributed by atoms with Gasteiger partial charge in [-0.05, 0) is 38.4 Å². The molecule has 1 aromatic carbocycles. The molecule has 1 aromatic heterocycles. The summed E-state index contributed by atoms with van der Waals surface area (Å²) in [6.45, 7) is 5.73. The highest BCUT2D eigenvalue weighted by molar-refractivity contribution is 5.61. The average Bonchev–Trinajstić information content (AvgIpc) is 2.89. The van der Waals surface area contributed by atoms with Crippen molar-refractivity contribution in [2.24, 2.45) is 5.41 Å². The summed E-state index contributed by atoms with van der Waals surface area (Å²) in [7, 11) is 0. The van der Waals surface area contributed by atoms with Crippen LogP contribution in [0.4, 0.5) is 0 Å². The molecule has 5 rings (SSSR count). The van der Waals surface area contributed by atoms with Gasteiger partial charge in [0.25, 0.3) is 0 Å². The third kappa shape index (κ3) is 2.10. The van der Waals surface area contributed by atoms with Gasteiger partial charge in [-0.3, -0.25) is 0 Å². The molecule has 1 spiro atoms. The first-order chi connectivity index (χ1) is 11.2. The van der Waals surface area contributed by atoms with Crippen LogP contribution in [-0.4, -0.2) is 35.6 Å². The van der Waals surface area contributed by atoms with Gasteiger partial charge in [-0.2, -0.15) is 0 Å². The second-order valence-electron chi connectivity index (χ2n) is 7.47. The molecule has 0 radical (unpaired) electrons. The van der Waals surface area contributed by atoms with Crippen molar-refractivity contribution in [3.8, 4) is 17.0 Å². The van der Waals surface area contributed by atoms with Gasteiger partial charge in [0.05, 0.1) is 11.4 Å². The molecule has 3 aliphatic rings. The molecule has 3 heteroatoms. The molecular weight excluding hydrogens is 284 g/mol. The first kappa shape index (κ1) is 13.6. The number of aryl methyl sites for hydroxylation is 1. The van der Waals surface area contributed by atoms with Crippen molar-refractivity contribution >= 4 is 0 Å². The van der Waals surface area contributed by atoms with Crippen LogP contribution in [0, 0.1) is 12.3 Å². The minimum absolute atomic E-state index is 0.310. The number of fused-ring (bicyclic) bond motifs is 2. The second kappa shape index (κ2) is 4.81. The Morgan fingerprint density at radius 2 is 2.00 bits per heavy atom. The average molecular weight is 306 g/mol. The second-order valence-corrected chi connectivity index (χ2v) is 7.47. The largest absolute Gasteiger partial charge is 0.488 e. The fourth-order valence-electron chi connectivity index (χ4n) is 4.58. The molecule has 1 unspecified atom stereocenters. The van der Waals surface area contributed by atoms with E-state index < -0.39 is 0 Å². The molecule has 2 saturated heterocycles. The summed E-state index contributed by atoms with van der Waals surface area (Å²) in [6, 6.07) is 12.9. The monoisotopic (exact) mass is 306 g/mol. The van der Waals surface area contributed by atoms with Crippen molar-refractivity contribution < 1.29 is 4.74 Å². The first-order valence-electron chi connectivity index (χ1n) is 8.68. The maximum absolute atomic E-state index is 6.38. The molecule has 0 aliphatic carbocycles. The number of hydrogen-bond acceptors (Lipinski definition) is 3. The van der Waals surface area contributed by atoms with Gasteiger partial charge in [-0.1, -0.05) is 29.8 Å². The summed E-state index contributed by atoms with van der Waals surface area (Å²) in [5.41, 5.74) is 5.00. The Labute approximate surface area is 137 Å². The van der Waals surface area contributed by atoms with Gasteiger partial charge in [0, 0.05) is 30.5 Å². The van der Waals surface area contributed by atoms with E-state index in [1.165, 1.54) is 43.6 Å².